The van der Waals surface area contributed by atoms with Gasteiger partial charge in [-0.25, -0.2) is 0 Å². The Labute approximate surface area is 142 Å². The molecule has 2 unspecified atom stereocenters. The van der Waals surface area contributed by atoms with Gasteiger partial charge in [-0.15, -0.1) is 0 Å². The van der Waals surface area contributed by atoms with Gasteiger partial charge in [0.05, 0.1) is 6.04 Å². The van der Waals surface area contributed by atoms with E-state index in [1.807, 2.05) is 0 Å². The molecule has 2 nitrogen and oxygen atoms in total. The molecule has 0 bridgehead atoms. The summed E-state index contributed by atoms with van der Waals surface area (Å²) in [4.78, 5) is 5.21. The summed E-state index contributed by atoms with van der Waals surface area (Å²) in [7, 11) is 2.25. The summed E-state index contributed by atoms with van der Waals surface area (Å²) in [5.41, 5.74) is 2.81. The lowest BCUT2D eigenvalue weighted by Gasteiger charge is -2.45. The van der Waals surface area contributed by atoms with Crippen molar-refractivity contribution in [1.29, 1.82) is 0 Å². The monoisotopic (exact) mass is 312 g/mol. The fraction of sp³-hybridized carbons (Fsp3) is 0.524. The molecule has 126 valence electrons. The van der Waals surface area contributed by atoms with Crippen LogP contribution in [-0.2, 0) is 0 Å². The number of benzene rings is 1. The lowest BCUT2D eigenvalue weighted by molar-refractivity contribution is 0.0594. The van der Waals surface area contributed by atoms with E-state index in [1.54, 1.807) is 0 Å². The number of piperazine rings is 1. The van der Waals surface area contributed by atoms with E-state index in [1.165, 1.54) is 30.5 Å². The third kappa shape index (κ3) is 4.55. The Balaban J connectivity index is 2.39. The predicted molar refractivity (Wildman–Crippen MR) is 101 cm³/mol. The van der Waals surface area contributed by atoms with Crippen molar-refractivity contribution in [2.45, 2.75) is 45.7 Å². The summed E-state index contributed by atoms with van der Waals surface area (Å²) < 4.78 is 0. The van der Waals surface area contributed by atoms with Crippen molar-refractivity contribution in [1.82, 2.24) is 9.80 Å². The Bertz CT molecular complexity index is 518. The van der Waals surface area contributed by atoms with Gasteiger partial charge in [0, 0.05) is 25.7 Å². The lowest BCUT2D eigenvalue weighted by atomic mass is 9.92. The predicted octanol–water partition coefficient (Wildman–Crippen LogP) is 4.67. The fourth-order valence-corrected chi connectivity index (χ4v) is 3.70. The highest BCUT2D eigenvalue weighted by Crippen LogP contribution is 2.33. The Kier molecular flexibility index (Phi) is 7.07. The van der Waals surface area contributed by atoms with E-state index in [2.05, 4.69) is 86.2 Å². The largest absolute Gasteiger partial charge is 0.304 e. The average molecular weight is 313 g/mol. The Hall–Kier alpha value is -1.38. The molecule has 2 heteroatoms. The molecule has 1 fully saturated rings. The molecule has 23 heavy (non-hydrogen) atoms. The lowest BCUT2D eigenvalue weighted by Crippen LogP contribution is -2.53. The zero-order chi connectivity index (χ0) is 16.7. The summed E-state index contributed by atoms with van der Waals surface area (Å²) in [5.74, 6) is 0. The Morgan fingerprint density at radius 1 is 1.22 bits per heavy atom. The van der Waals surface area contributed by atoms with Crippen molar-refractivity contribution in [3.8, 4) is 0 Å². The molecule has 2 rings (SSSR count). The molecule has 1 aliphatic heterocycles. The van der Waals surface area contributed by atoms with Gasteiger partial charge in [-0.05, 0) is 38.5 Å². The van der Waals surface area contributed by atoms with Crippen LogP contribution < -0.4 is 0 Å². The van der Waals surface area contributed by atoms with Crippen LogP contribution in [0.4, 0.5) is 0 Å². The zero-order valence-electron chi connectivity index (χ0n) is 15.2. The van der Waals surface area contributed by atoms with Crippen LogP contribution in [0.25, 0.3) is 0 Å². The van der Waals surface area contributed by atoms with E-state index in [0.29, 0.717) is 12.1 Å². The van der Waals surface area contributed by atoms with Crippen molar-refractivity contribution < 1.29 is 0 Å². The molecule has 1 saturated heterocycles. The molecule has 0 N–H and O–H groups in total. The molecule has 0 aliphatic carbocycles. The van der Waals surface area contributed by atoms with E-state index >= 15 is 0 Å². The van der Waals surface area contributed by atoms with Gasteiger partial charge in [-0.2, -0.15) is 0 Å². The number of hydrogen-bond acceptors (Lipinski definition) is 2. The number of allylic oxidation sites excluding steroid dienone is 2. The van der Waals surface area contributed by atoms with E-state index in [9.17, 15) is 0 Å². The van der Waals surface area contributed by atoms with E-state index in [4.69, 9.17) is 0 Å². The van der Waals surface area contributed by atoms with Crippen molar-refractivity contribution in [3.63, 3.8) is 0 Å². The molecule has 0 aromatic heterocycles. The van der Waals surface area contributed by atoms with Gasteiger partial charge < -0.3 is 4.90 Å². The number of hydrogen-bond donors (Lipinski definition) is 0. The minimum absolute atomic E-state index is 0.364. The second-order valence-corrected chi connectivity index (χ2v) is 6.54. The van der Waals surface area contributed by atoms with Crippen molar-refractivity contribution >= 4 is 0 Å². The SMILES string of the molecule is C/C=C\C(=C/C)C(c1ccccc1)N1CCN(C)CC1CCC. The molecule has 1 heterocycles. The molecule has 0 amide bonds. The molecule has 0 radical (unpaired) electrons. The zero-order valence-corrected chi connectivity index (χ0v) is 15.2. The van der Waals surface area contributed by atoms with Crippen LogP contribution in [0.1, 0.15) is 45.2 Å². The molecular formula is C21H32N2. The minimum atomic E-state index is 0.364. The first-order valence-electron chi connectivity index (χ1n) is 8.99. The van der Waals surface area contributed by atoms with E-state index in [-0.39, 0.29) is 0 Å². The minimum Gasteiger partial charge on any atom is -0.304 e. The summed E-state index contributed by atoms with van der Waals surface area (Å²) in [5, 5.41) is 0. The standard InChI is InChI=1S/C21H32N2/c1-5-11-18(7-3)21(19-13-9-8-10-14-19)23-16-15-22(4)17-20(23)12-6-2/h5,7-11,13-14,20-21H,6,12,15-17H2,1-4H3/b11-5-,18-7+. The van der Waals surface area contributed by atoms with Crippen molar-refractivity contribution in [2.75, 3.05) is 26.7 Å². The molecule has 1 aliphatic rings. The van der Waals surface area contributed by atoms with Crippen LogP contribution in [-0.4, -0.2) is 42.5 Å². The van der Waals surface area contributed by atoms with Gasteiger partial charge in [-0.3, -0.25) is 4.90 Å². The maximum absolute atomic E-state index is 2.73. The van der Waals surface area contributed by atoms with Gasteiger partial charge in [0.1, 0.15) is 0 Å². The Morgan fingerprint density at radius 3 is 2.57 bits per heavy atom. The summed E-state index contributed by atoms with van der Waals surface area (Å²) in [6.45, 7) is 10.0. The van der Waals surface area contributed by atoms with Gasteiger partial charge >= 0.3 is 0 Å². The van der Waals surface area contributed by atoms with Crippen LogP contribution in [0, 0.1) is 0 Å². The first kappa shape index (κ1) is 18.0. The molecule has 0 spiro atoms. The first-order chi connectivity index (χ1) is 11.2. The summed E-state index contributed by atoms with van der Waals surface area (Å²) in [6.07, 6.45) is 9.22. The number of nitrogens with zero attached hydrogens (tertiary/aromatic N) is 2. The van der Waals surface area contributed by atoms with E-state index < -0.39 is 0 Å². The van der Waals surface area contributed by atoms with Crippen LogP contribution >= 0.6 is 0 Å². The van der Waals surface area contributed by atoms with Crippen LogP contribution in [0.5, 0.6) is 0 Å². The topological polar surface area (TPSA) is 6.48 Å². The highest BCUT2D eigenvalue weighted by Gasteiger charge is 2.32. The van der Waals surface area contributed by atoms with Crippen LogP contribution in [0.2, 0.25) is 0 Å². The third-order valence-corrected chi connectivity index (χ3v) is 4.81. The molecule has 1 aromatic rings. The highest BCUT2D eigenvalue weighted by molar-refractivity contribution is 5.34. The number of rotatable bonds is 6. The molecule has 2 atom stereocenters. The van der Waals surface area contributed by atoms with Crippen molar-refractivity contribution in [3.05, 3.63) is 59.7 Å². The summed E-state index contributed by atoms with van der Waals surface area (Å²) in [6, 6.07) is 12.0. The second kappa shape index (κ2) is 9.05. The first-order valence-corrected chi connectivity index (χ1v) is 8.99. The Morgan fingerprint density at radius 2 is 1.96 bits per heavy atom. The smallest absolute Gasteiger partial charge is 0.0601 e. The highest BCUT2D eigenvalue weighted by atomic mass is 15.3. The quantitative estimate of drug-likeness (QED) is 0.705. The van der Waals surface area contributed by atoms with Gasteiger partial charge in [0.2, 0.25) is 0 Å². The maximum atomic E-state index is 2.73. The molecule has 0 saturated carbocycles. The second-order valence-electron chi connectivity index (χ2n) is 6.54. The average Bonchev–Trinajstić information content (AvgIpc) is 2.57. The summed E-state index contributed by atoms with van der Waals surface area (Å²) >= 11 is 0. The third-order valence-electron chi connectivity index (χ3n) is 4.81. The maximum Gasteiger partial charge on any atom is 0.0601 e. The number of likely N-dealkylation sites (N-methyl/N-ethyl adjacent to an activating group) is 1. The van der Waals surface area contributed by atoms with E-state index in [0.717, 1.165) is 13.1 Å². The fourth-order valence-electron chi connectivity index (χ4n) is 3.70. The van der Waals surface area contributed by atoms with Crippen molar-refractivity contribution in [2.24, 2.45) is 0 Å². The van der Waals surface area contributed by atoms with Gasteiger partial charge in [-0.1, -0.05) is 61.9 Å². The van der Waals surface area contributed by atoms with Crippen LogP contribution in [0.3, 0.4) is 0 Å². The van der Waals surface area contributed by atoms with Gasteiger partial charge in [0.15, 0.2) is 0 Å². The molecule has 1 aromatic carbocycles. The van der Waals surface area contributed by atoms with Gasteiger partial charge in [0.25, 0.3) is 0 Å². The molecular weight excluding hydrogens is 280 g/mol. The normalized spacial score (nSPS) is 22.6. The van der Waals surface area contributed by atoms with Crippen LogP contribution in [0.15, 0.2) is 54.1 Å².